The van der Waals surface area contributed by atoms with Crippen molar-refractivity contribution in [1.82, 2.24) is 9.88 Å². The number of amides is 1. The van der Waals surface area contributed by atoms with Gasteiger partial charge >= 0.3 is 0 Å². The Morgan fingerprint density at radius 1 is 1.19 bits per heavy atom. The van der Waals surface area contributed by atoms with Gasteiger partial charge in [-0.25, -0.2) is 4.99 Å². The lowest BCUT2D eigenvalue weighted by atomic mass is 10.1. The summed E-state index contributed by atoms with van der Waals surface area (Å²) in [5.74, 6) is 1.87. The summed E-state index contributed by atoms with van der Waals surface area (Å²) in [5, 5.41) is 5.86. The first kappa shape index (κ1) is 23.0. The van der Waals surface area contributed by atoms with Crippen molar-refractivity contribution < 1.29 is 4.79 Å². The van der Waals surface area contributed by atoms with Gasteiger partial charge in [0.25, 0.3) is 0 Å². The Morgan fingerprint density at radius 3 is 2.81 bits per heavy atom. The van der Waals surface area contributed by atoms with Gasteiger partial charge in [-0.3, -0.25) is 4.79 Å². The van der Waals surface area contributed by atoms with Crippen LogP contribution in [-0.2, 0) is 11.3 Å². The summed E-state index contributed by atoms with van der Waals surface area (Å²) in [5.41, 5.74) is 8.99. The van der Waals surface area contributed by atoms with E-state index in [1.807, 2.05) is 81.8 Å². The molecule has 1 saturated heterocycles. The highest BCUT2D eigenvalue weighted by molar-refractivity contribution is 8.77. The number of thiophene rings is 1. The Labute approximate surface area is 201 Å². The summed E-state index contributed by atoms with van der Waals surface area (Å²) in [6, 6.07) is 13.9. The average Bonchev–Trinajstić information content (AvgIpc) is 3.58. The fourth-order valence-electron chi connectivity index (χ4n) is 3.65. The third-order valence-electron chi connectivity index (χ3n) is 5.35. The standard InChI is InChI=1S/C24H28N4OS3/c25-24(22-7-5-14-30-22)27-19-9-10-21(28-12-3-4-13-28)18(16-19)17-26-23(29)8-2-1-6-20-11-15-31-32-20/h3-5,7,9-10,12-14,16,20H,1-2,6,8,11,15,17H2,(H2,25,27)(H,26,29). The number of amidine groups is 1. The number of carbonyl (C=O) groups excluding carboxylic acids is 1. The molecule has 0 saturated carbocycles. The summed E-state index contributed by atoms with van der Waals surface area (Å²) in [7, 11) is 3.98. The topological polar surface area (TPSA) is 72.4 Å². The molecule has 8 heteroatoms. The Kier molecular flexibility index (Phi) is 8.36. The van der Waals surface area contributed by atoms with E-state index in [9.17, 15) is 4.79 Å². The number of nitrogens with two attached hydrogens (primary N) is 1. The molecule has 1 atom stereocenters. The van der Waals surface area contributed by atoms with Gasteiger partial charge in [-0.15, -0.1) is 11.3 Å². The molecule has 1 unspecified atom stereocenters. The number of benzene rings is 1. The van der Waals surface area contributed by atoms with Crippen LogP contribution < -0.4 is 11.1 Å². The smallest absolute Gasteiger partial charge is 0.220 e. The third kappa shape index (κ3) is 6.43. The zero-order chi connectivity index (χ0) is 22.2. The van der Waals surface area contributed by atoms with E-state index in [0.717, 1.165) is 39.9 Å². The van der Waals surface area contributed by atoms with Crippen molar-refractivity contribution in [2.24, 2.45) is 10.7 Å². The second-order valence-corrected chi connectivity index (χ2v) is 11.5. The van der Waals surface area contributed by atoms with Crippen LogP contribution in [0.4, 0.5) is 5.69 Å². The van der Waals surface area contributed by atoms with Crippen LogP contribution >= 0.6 is 32.9 Å². The lowest BCUT2D eigenvalue weighted by molar-refractivity contribution is -0.121. The number of nitrogens with zero attached hydrogens (tertiary/aromatic N) is 2. The molecule has 3 aromatic rings. The predicted molar refractivity (Wildman–Crippen MR) is 139 cm³/mol. The quantitative estimate of drug-likeness (QED) is 0.162. The molecule has 0 aliphatic carbocycles. The normalized spacial score (nSPS) is 16.4. The number of nitrogens with one attached hydrogen (secondary N) is 1. The molecular weight excluding hydrogens is 456 g/mol. The van der Waals surface area contributed by atoms with E-state index >= 15 is 0 Å². The van der Waals surface area contributed by atoms with E-state index in [1.54, 1.807) is 11.3 Å². The van der Waals surface area contributed by atoms with Gasteiger partial charge in [0.15, 0.2) is 0 Å². The zero-order valence-electron chi connectivity index (χ0n) is 17.9. The summed E-state index contributed by atoms with van der Waals surface area (Å²) in [6.45, 7) is 0.462. The Hall–Kier alpha value is -2.16. The number of hydrogen-bond acceptors (Lipinski definition) is 5. The van der Waals surface area contributed by atoms with Gasteiger partial charge in [-0.05, 0) is 66.6 Å². The summed E-state index contributed by atoms with van der Waals surface area (Å²) >= 11 is 1.57. The van der Waals surface area contributed by atoms with Gasteiger partial charge in [0.05, 0.1) is 16.3 Å². The predicted octanol–water partition coefficient (Wildman–Crippen LogP) is 5.91. The van der Waals surface area contributed by atoms with Crippen LogP contribution in [0.5, 0.6) is 0 Å². The van der Waals surface area contributed by atoms with Gasteiger partial charge in [0, 0.05) is 36.4 Å². The zero-order valence-corrected chi connectivity index (χ0v) is 20.4. The maximum Gasteiger partial charge on any atom is 0.220 e. The molecule has 4 rings (SSSR count). The number of hydrogen-bond donors (Lipinski definition) is 2. The van der Waals surface area contributed by atoms with Crippen molar-refractivity contribution in [3.05, 3.63) is 70.7 Å². The van der Waals surface area contributed by atoms with E-state index in [-0.39, 0.29) is 5.91 Å². The summed E-state index contributed by atoms with van der Waals surface area (Å²) in [4.78, 5) is 18.0. The van der Waals surface area contributed by atoms with Gasteiger partial charge < -0.3 is 15.6 Å². The van der Waals surface area contributed by atoms with E-state index in [4.69, 9.17) is 5.73 Å². The molecular formula is C24H28N4OS3. The maximum atomic E-state index is 12.5. The first-order chi connectivity index (χ1) is 15.7. The molecule has 0 radical (unpaired) electrons. The molecule has 0 bridgehead atoms. The first-order valence-corrected chi connectivity index (χ1v) is 14.1. The molecule has 1 fully saturated rings. The maximum absolute atomic E-state index is 12.5. The van der Waals surface area contributed by atoms with Crippen LogP contribution in [0, 0.1) is 0 Å². The Morgan fingerprint density at radius 2 is 2.06 bits per heavy atom. The van der Waals surface area contributed by atoms with Crippen molar-refractivity contribution in [1.29, 1.82) is 0 Å². The number of rotatable bonds is 10. The fraction of sp³-hybridized carbons (Fsp3) is 0.333. The van der Waals surface area contributed by atoms with E-state index in [2.05, 4.69) is 14.9 Å². The summed E-state index contributed by atoms with van der Waals surface area (Å²) in [6.07, 6.45) is 9.17. The molecule has 3 heterocycles. The number of unbranched alkanes of at least 4 members (excludes halogenated alkanes) is 1. The molecule has 0 spiro atoms. The number of aliphatic imine (C=N–C) groups is 1. The van der Waals surface area contributed by atoms with E-state index in [1.165, 1.54) is 18.6 Å². The lowest BCUT2D eigenvalue weighted by Crippen LogP contribution is -2.23. The Bertz CT molecular complexity index is 1030. The molecule has 32 heavy (non-hydrogen) atoms. The van der Waals surface area contributed by atoms with Crippen LogP contribution in [-0.4, -0.2) is 27.3 Å². The van der Waals surface area contributed by atoms with Gasteiger partial charge in [-0.1, -0.05) is 34.1 Å². The van der Waals surface area contributed by atoms with Crippen molar-refractivity contribution >= 4 is 50.4 Å². The van der Waals surface area contributed by atoms with Crippen molar-refractivity contribution in [2.75, 3.05) is 5.75 Å². The average molecular weight is 485 g/mol. The first-order valence-electron chi connectivity index (χ1n) is 10.9. The number of carbonyl (C=O) groups is 1. The van der Waals surface area contributed by atoms with Crippen molar-refractivity contribution in [3.63, 3.8) is 0 Å². The molecule has 1 aliphatic heterocycles. The van der Waals surface area contributed by atoms with Crippen LogP contribution in [0.1, 0.15) is 42.5 Å². The third-order valence-corrected chi connectivity index (χ3v) is 9.25. The van der Waals surface area contributed by atoms with Gasteiger partial charge in [-0.2, -0.15) is 0 Å². The van der Waals surface area contributed by atoms with E-state index in [0.29, 0.717) is 18.8 Å². The molecule has 1 aromatic carbocycles. The highest BCUT2D eigenvalue weighted by atomic mass is 33.1. The minimum absolute atomic E-state index is 0.101. The molecule has 5 nitrogen and oxygen atoms in total. The molecule has 2 aromatic heterocycles. The Balaban J connectivity index is 1.39. The van der Waals surface area contributed by atoms with Crippen LogP contribution in [0.25, 0.3) is 5.69 Å². The monoisotopic (exact) mass is 484 g/mol. The second kappa shape index (κ2) is 11.6. The second-order valence-electron chi connectivity index (χ2n) is 7.73. The van der Waals surface area contributed by atoms with Gasteiger partial charge in [0.1, 0.15) is 5.84 Å². The summed E-state index contributed by atoms with van der Waals surface area (Å²) < 4.78 is 2.05. The van der Waals surface area contributed by atoms with Crippen molar-refractivity contribution in [2.45, 2.75) is 43.9 Å². The highest BCUT2D eigenvalue weighted by Crippen LogP contribution is 2.39. The van der Waals surface area contributed by atoms with E-state index < -0.39 is 0 Å². The van der Waals surface area contributed by atoms with Gasteiger partial charge in [0.2, 0.25) is 5.91 Å². The number of aromatic nitrogens is 1. The van der Waals surface area contributed by atoms with Crippen LogP contribution in [0.2, 0.25) is 0 Å². The molecule has 168 valence electrons. The molecule has 3 N–H and O–H groups in total. The minimum atomic E-state index is 0.101. The lowest BCUT2D eigenvalue weighted by Gasteiger charge is -2.13. The SMILES string of the molecule is NC(=Nc1ccc(-n2cccc2)c(CNC(=O)CCCCC2CCSS2)c1)c1cccs1. The highest BCUT2D eigenvalue weighted by Gasteiger charge is 2.16. The van der Waals surface area contributed by atoms with Crippen molar-refractivity contribution in [3.8, 4) is 5.69 Å². The van der Waals surface area contributed by atoms with Crippen LogP contribution in [0.3, 0.4) is 0 Å². The van der Waals surface area contributed by atoms with Crippen LogP contribution in [0.15, 0.2) is 65.2 Å². The largest absolute Gasteiger partial charge is 0.383 e. The minimum Gasteiger partial charge on any atom is -0.383 e. The molecule has 1 aliphatic rings. The fourth-order valence-corrected chi connectivity index (χ4v) is 7.31. The molecule has 1 amide bonds.